The second-order valence-electron chi connectivity index (χ2n) is 4.45. The second-order valence-corrected chi connectivity index (χ2v) is 5.12. The van der Waals surface area contributed by atoms with Gasteiger partial charge in [-0.3, -0.25) is 4.98 Å². The lowest BCUT2D eigenvalue weighted by molar-refractivity contribution is 0.874. The van der Waals surface area contributed by atoms with Gasteiger partial charge in [-0.05, 0) is 41.8 Å². The number of likely N-dealkylation sites (N-methyl/N-ethyl adjacent to an activating group) is 1. The van der Waals surface area contributed by atoms with Gasteiger partial charge in [0.1, 0.15) is 0 Å². The predicted molar refractivity (Wildman–Crippen MR) is 82.2 cm³/mol. The number of halogens is 2. The van der Waals surface area contributed by atoms with Gasteiger partial charge in [-0.1, -0.05) is 17.7 Å². The first-order valence-corrected chi connectivity index (χ1v) is 7.06. The Balaban J connectivity index is 2.02. The van der Waals surface area contributed by atoms with Crippen molar-refractivity contribution in [2.75, 3.05) is 18.5 Å². The van der Waals surface area contributed by atoms with Gasteiger partial charge in [0.05, 0.1) is 10.7 Å². The molecule has 0 unspecified atom stereocenters. The highest BCUT2D eigenvalue weighted by molar-refractivity contribution is 6.33. The molecular formula is C15H16Cl2N2. The number of rotatable bonds is 5. The molecular weight excluding hydrogens is 279 g/mol. The van der Waals surface area contributed by atoms with Crippen molar-refractivity contribution in [1.29, 1.82) is 0 Å². The van der Waals surface area contributed by atoms with Crippen LogP contribution in [0.15, 0.2) is 42.7 Å². The first kappa shape index (κ1) is 14.2. The van der Waals surface area contributed by atoms with Crippen LogP contribution in [0.4, 0.5) is 5.69 Å². The number of hydrogen-bond donors (Lipinski definition) is 0. The van der Waals surface area contributed by atoms with Crippen molar-refractivity contribution < 1.29 is 0 Å². The Morgan fingerprint density at radius 1 is 1.11 bits per heavy atom. The number of benzene rings is 1. The third kappa shape index (κ3) is 3.85. The maximum atomic E-state index is 6.27. The molecule has 0 saturated heterocycles. The summed E-state index contributed by atoms with van der Waals surface area (Å²) in [5, 5.41) is 0.746. The van der Waals surface area contributed by atoms with Gasteiger partial charge in [0, 0.05) is 31.9 Å². The lowest BCUT2D eigenvalue weighted by Gasteiger charge is -2.21. The number of hydrogen-bond acceptors (Lipinski definition) is 2. The first-order chi connectivity index (χ1) is 9.20. The molecule has 1 aromatic carbocycles. The quantitative estimate of drug-likeness (QED) is 0.770. The molecule has 0 atom stereocenters. The van der Waals surface area contributed by atoms with Crippen LogP contribution >= 0.6 is 23.2 Å². The van der Waals surface area contributed by atoms with Gasteiger partial charge in [0.2, 0.25) is 0 Å². The summed E-state index contributed by atoms with van der Waals surface area (Å²) in [5.74, 6) is 0.487. The molecule has 1 aromatic heterocycles. The molecule has 0 amide bonds. The van der Waals surface area contributed by atoms with Gasteiger partial charge >= 0.3 is 0 Å². The van der Waals surface area contributed by atoms with Gasteiger partial charge in [0.25, 0.3) is 0 Å². The second kappa shape index (κ2) is 6.78. The van der Waals surface area contributed by atoms with Gasteiger partial charge in [-0.15, -0.1) is 11.6 Å². The Morgan fingerprint density at radius 3 is 2.47 bits per heavy atom. The van der Waals surface area contributed by atoms with Gasteiger partial charge < -0.3 is 4.90 Å². The summed E-state index contributed by atoms with van der Waals surface area (Å²) >= 11 is 12.1. The van der Waals surface area contributed by atoms with Crippen LogP contribution in [0, 0.1) is 0 Å². The molecule has 100 valence electrons. The highest BCUT2D eigenvalue weighted by Gasteiger charge is 2.07. The minimum Gasteiger partial charge on any atom is -0.373 e. The minimum absolute atomic E-state index is 0.487. The van der Waals surface area contributed by atoms with Crippen molar-refractivity contribution in [1.82, 2.24) is 4.98 Å². The zero-order valence-electron chi connectivity index (χ0n) is 10.8. The Kier molecular flexibility index (Phi) is 5.06. The SMILES string of the molecule is CN(CCc1ccncc1)c1ccc(CCl)cc1Cl. The summed E-state index contributed by atoms with van der Waals surface area (Å²) < 4.78 is 0. The maximum absolute atomic E-state index is 6.27. The molecule has 0 radical (unpaired) electrons. The molecule has 2 nitrogen and oxygen atoms in total. The molecule has 0 aliphatic rings. The van der Waals surface area contributed by atoms with E-state index in [1.165, 1.54) is 5.56 Å². The number of alkyl halides is 1. The van der Waals surface area contributed by atoms with E-state index in [1.54, 1.807) is 0 Å². The Bertz CT molecular complexity index is 529. The fourth-order valence-electron chi connectivity index (χ4n) is 1.91. The van der Waals surface area contributed by atoms with Crippen LogP contribution in [0.25, 0.3) is 0 Å². The lowest BCUT2D eigenvalue weighted by Crippen LogP contribution is -2.20. The van der Waals surface area contributed by atoms with E-state index in [1.807, 2.05) is 49.8 Å². The predicted octanol–water partition coefficient (Wildman–Crippen LogP) is 4.15. The Morgan fingerprint density at radius 2 is 1.84 bits per heavy atom. The van der Waals surface area contributed by atoms with E-state index in [4.69, 9.17) is 23.2 Å². The number of aromatic nitrogens is 1. The van der Waals surface area contributed by atoms with E-state index in [0.717, 1.165) is 29.2 Å². The van der Waals surface area contributed by atoms with Crippen LogP contribution in [0.2, 0.25) is 5.02 Å². The fourth-order valence-corrected chi connectivity index (χ4v) is 2.42. The van der Waals surface area contributed by atoms with E-state index in [2.05, 4.69) is 9.88 Å². The molecule has 2 aromatic rings. The van der Waals surface area contributed by atoms with E-state index in [0.29, 0.717) is 5.88 Å². The topological polar surface area (TPSA) is 16.1 Å². The van der Waals surface area contributed by atoms with Crippen LogP contribution < -0.4 is 4.90 Å². The molecule has 0 aliphatic heterocycles. The molecule has 0 bridgehead atoms. The van der Waals surface area contributed by atoms with Gasteiger partial charge in [-0.2, -0.15) is 0 Å². The summed E-state index contributed by atoms with van der Waals surface area (Å²) in [6.45, 7) is 0.907. The largest absolute Gasteiger partial charge is 0.373 e. The average molecular weight is 295 g/mol. The molecule has 4 heteroatoms. The molecule has 0 saturated carbocycles. The van der Waals surface area contributed by atoms with E-state index < -0.39 is 0 Å². The van der Waals surface area contributed by atoms with Crippen molar-refractivity contribution in [3.63, 3.8) is 0 Å². The molecule has 2 rings (SSSR count). The van der Waals surface area contributed by atoms with E-state index in [9.17, 15) is 0 Å². The number of anilines is 1. The normalized spacial score (nSPS) is 10.5. The van der Waals surface area contributed by atoms with Crippen LogP contribution in [-0.4, -0.2) is 18.6 Å². The third-order valence-electron chi connectivity index (χ3n) is 3.06. The summed E-state index contributed by atoms with van der Waals surface area (Å²) in [5.41, 5.74) is 3.35. The van der Waals surface area contributed by atoms with Crippen molar-refractivity contribution >= 4 is 28.9 Å². The molecule has 19 heavy (non-hydrogen) atoms. The number of pyridine rings is 1. The molecule has 0 fully saturated rings. The monoisotopic (exact) mass is 294 g/mol. The van der Waals surface area contributed by atoms with Crippen molar-refractivity contribution in [2.45, 2.75) is 12.3 Å². The van der Waals surface area contributed by atoms with Crippen molar-refractivity contribution in [3.05, 3.63) is 58.9 Å². The zero-order valence-corrected chi connectivity index (χ0v) is 12.3. The van der Waals surface area contributed by atoms with E-state index in [-0.39, 0.29) is 0 Å². The first-order valence-electron chi connectivity index (χ1n) is 6.15. The van der Waals surface area contributed by atoms with Crippen LogP contribution in [-0.2, 0) is 12.3 Å². The molecule has 0 N–H and O–H groups in total. The number of nitrogens with zero attached hydrogens (tertiary/aromatic N) is 2. The molecule has 0 aliphatic carbocycles. The highest BCUT2D eigenvalue weighted by Crippen LogP contribution is 2.26. The van der Waals surface area contributed by atoms with Gasteiger partial charge in [-0.25, -0.2) is 0 Å². The smallest absolute Gasteiger partial charge is 0.0642 e. The van der Waals surface area contributed by atoms with Gasteiger partial charge in [0.15, 0.2) is 0 Å². The molecule has 0 spiro atoms. The van der Waals surface area contributed by atoms with Crippen LogP contribution in [0.1, 0.15) is 11.1 Å². The summed E-state index contributed by atoms with van der Waals surface area (Å²) in [6.07, 6.45) is 4.60. The lowest BCUT2D eigenvalue weighted by atomic mass is 10.1. The van der Waals surface area contributed by atoms with Crippen LogP contribution in [0.3, 0.4) is 0 Å². The Hall–Kier alpha value is -1.25. The minimum atomic E-state index is 0.487. The van der Waals surface area contributed by atoms with Crippen LogP contribution in [0.5, 0.6) is 0 Å². The Labute approximate surface area is 124 Å². The summed E-state index contributed by atoms with van der Waals surface area (Å²) in [7, 11) is 2.04. The molecule has 1 heterocycles. The third-order valence-corrected chi connectivity index (χ3v) is 3.67. The summed E-state index contributed by atoms with van der Waals surface area (Å²) in [4.78, 5) is 6.17. The van der Waals surface area contributed by atoms with Crippen molar-refractivity contribution in [3.8, 4) is 0 Å². The zero-order chi connectivity index (χ0) is 13.7. The highest BCUT2D eigenvalue weighted by atomic mass is 35.5. The van der Waals surface area contributed by atoms with Crippen molar-refractivity contribution in [2.24, 2.45) is 0 Å². The maximum Gasteiger partial charge on any atom is 0.0642 e. The fraction of sp³-hybridized carbons (Fsp3) is 0.267. The van der Waals surface area contributed by atoms with E-state index >= 15 is 0 Å². The summed E-state index contributed by atoms with van der Waals surface area (Å²) in [6, 6.07) is 10.0. The average Bonchev–Trinajstić information content (AvgIpc) is 2.45. The standard InChI is InChI=1S/C15H16Cl2N2/c1-19(9-6-12-4-7-18-8-5-12)15-3-2-13(11-16)10-14(15)17/h2-5,7-8,10H,6,9,11H2,1H3.